The SMILES string of the molecule is Nc1nc(C2CCCN(C(=O)c3cccc(F)c3)C2)cc2ccnn12. The van der Waals surface area contributed by atoms with Crippen molar-refractivity contribution in [3.63, 3.8) is 0 Å². The summed E-state index contributed by atoms with van der Waals surface area (Å²) in [6.45, 7) is 1.21. The van der Waals surface area contributed by atoms with Gasteiger partial charge in [0.25, 0.3) is 5.91 Å². The third kappa shape index (κ3) is 2.93. The fourth-order valence-corrected chi connectivity index (χ4v) is 3.39. The zero-order valence-electron chi connectivity index (χ0n) is 13.6. The highest BCUT2D eigenvalue weighted by molar-refractivity contribution is 5.94. The Balaban J connectivity index is 1.58. The summed E-state index contributed by atoms with van der Waals surface area (Å²) < 4.78 is 15.0. The maximum absolute atomic E-state index is 13.4. The molecule has 3 aromatic rings. The zero-order chi connectivity index (χ0) is 17.4. The molecule has 25 heavy (non-hydrogen) atoms. The Hall–Kier alpha value is -2.96. The van der Waals surface area contributed by atoms with Crippen molar-refractivity contribution < 1.29 is 9.18 Å². The topological polar surface area (TPSA) is 76.5 Å². The Morgan fingerprint density at radius 1 is 1.28 bits per heavy atom. The van der Waals surface area contributed by atoms with Gasteiger partial charge in [0, 0.05) is 24.6 Å². The van der Waals surface area contributed by atoms with E-state index >= 15 is 0 Å². The van der Waals surface area contributed by atoms with E-state index in [1.165, 1.54) is 12.1 Å². The number of fused-ring (bicyclic) bond motifs is 1. The molecule has 0 aliphatic carbocycles. The van der Waals surface area contributed by atoms with E-state index in [1.807, 2.05) is 12.1 Å². The Kier molecular flexibility index (Phi) is 3.83. The largest absolute Gasteiger partial charge is 0.368 e. The van der Waals surface area contributed by atoms with Gasteiger partial charge in [0.1, 0.15) is 5.82 Å². The van der Waals surface area contributed by atoms with Gasteiger partial charge in [-0.2, -0.15) is 5.10 Å². The van der Waals surface area contributed by atoms with Gasteiger partial charge in [-0.1, -0.05) is 6.07 Å². The molecule has 7 heteroatoms. The molecule has 4 rings (SSSR count). The predicted octanol–water partition coefficient (Wildman–Crippen LogP) is 2.47. The van der Waals surface area contributed by atoms with Crippen LogP contribution in [0.25, 0.3) is 5.52 Å². The molecule has 0 saturated carbocycles. The molecule has 3 heterocycles. The average molecular weight is 339 g/mol. The molecule has 1 amide bonds. The number of amides is 1. The summed E-state index contributed by atoms with van der Waals surface area (Å²) in [5.74, 6) is -0.109. The highest BCUT2D eigenvalue weighted by atomic mass is 19.1. The number of carbonyl (C=O) groups is 1. The maximum atomic E-state index is 13.4. The molecular formula is C18H18FN5O. The Labute approximate surface area is 144 Å². The monoisotopic (exact) mass is 339 g/mol. The number of hydrogen-bond acceptors (Lipinski definition) is 4. The highest BCUT2D eigenvalue weighted by Crippen LogP contribution is 2.28. The number of aromatic nitrogens is 3. The molecule has 1 fully saturated rings. The lowest BCUT2D eigenvalue weighted by Crippen LogP contribution is -2.39. The van der Waals surface area contributed by atoms with Crippen molar-refractivity contribution in [2.24, 2.45) is 0 Å². The number of piperidine rings is 1. The van der Waals surface area contributed by atoms with Gasteiger partial charge in [-0.25, -0.2) is 13.9 Å². The van der Waals surface area contributed by atoms with Gasteiger partial charge in [0.15, 0.2) is 0 Å². The van der Waals surface area contributed by atoms with E-state index in [4.69, 9.17) is 5.73 Å². The molecule has 6 nitrogen and oxygen atoms in total. The van der Waals surface area contributed by atoms with Crippen molar-refractivity contribution in [1.29, 1.82) is 0 Å². The predicted molar refractivity (Wildman–Crippen MR) is 91.7 cm³/mol. The second-order valence-corrected chi connectivity index (χ2v) is 6.31. The number of benzene rings is 1. The average Bonchev–Trinajstić information content (AvgIpc) is 3.10. The summed E-state index contributed by atoms with van der Waals surface area (Å²) in [6.07, 6.45) is 3.49. The van der Waals surface area contributed by atoms with Crippen LogP contribution in [0.2, 0.25) is 0 Å². The molecule has 1 unspecified atom stereocenters. The third-order valence-electron chi connectivity index (χ3n) is 4.63. The van der Waals surface area contributed by atoms with E-state index in [1.54, 1.807) is 27.7 Å². The van der Waals surface area contributed by atoms with E-state index < -0.39 is 5.82 Å². The second-order valence-electron chi connectivity index (χ2n) is 6.31. The van der Waals surface area contributed by atoms with Crippen LogP contribution in [0, 0.1) is 5.82 Å². The fraction of sp³-hybridized carbons (Fsp3) is 0.278. The molecule has 1 atom stereocenters. The first-order valence-corrected chi connectivity index (χ1v) is 8.27. The van der Waals surface area contributed by atoms with E-state index in [0.717, 1.165) is 24.1 Å². The van der Waals surface area contributed by atoms with Crippen LogP contribution in [0.15, 0.2) is 42.6 Å². The van der Waals surface area contributed by atoms with Gasteiger partial charge in [0.05, 0.1) is 17.4 Å². The van der Waals surface area contributed by atoms with Crippen LogP contribution >= 0.6 is 0 Å². The van der Waals surface area contributed by atoms with Crippen LogP contribution in [0.1, 0.15) is 34.8 Å². The number of nitrogens with two attached hydrogens (primary N) is 1. The number of nitrogens with zero attached hydrogens (tertiary/aromatic N) is 4. The Morgan fingerprint density at radius 3 is 3.00 bits per heavy atom. The lowest BCUT2D eigenvalue weighted by molar-refractivity contribution is 0.0705. The number of nitrogen functional groups attached to an aromatic ring is 1. The molecule has 1 aliphatic rings. The van der Waals surface area contributed by atoms with Crippen LogP contribution in [0.4, 0.5) is 10.3 Å². The molecule has 0 radical (unpaired) electrons. The molecule has 1 aliphatic heterocycles. The number of hydrogen-bond donors (Lipinski definition) is 1. The van der Waals surface area contributed by atoms with Crippen LogP contribution in [-0.4, -0.2) is 38.5 Å². The number of anilines is 1. The number of carbonyl (C=O) groups excluding carboxylic acids is 1. The van der Waals surface area contributed by atoms with E-state index in [0.29, 0.717) is 24.6 Å². The fourth-order valence-electron chi connectivity index (χ4n) is 3.39. The first-order chi connectivity index (χ1) is 12.1. The van der Waals surface area contributed by atoms with E-state index in [2.05, 4.69) is 10.1 Å². The molecule has 1 saturated heterocycles. The van der Waals surface area contributed by atoms with Crippen LogP contribution in [0.3, 0.4) is 0 Å². The molecule has 0 spiro atoms. The smallest absolute Gasteiger partial charge is 0.253 e. The van der Waals surface area contributed by atoms with Gasteiger partial charge in [-0.05, 0) is 43.2 Å². The zero-order valence-corrected chi connectivity index (χ0v) is 13.6. The van der Waals surface area contributed by atoms with Gasteiger partial charge in [-0.3, -0.25) is 4.79 Å². The molecule has 2 aromatic heterocycles. The lowest BCUT2D eigenvalue weighted by atomic mass is 9.93. The summed E-state index contributed by atoms with van der Waals surface area (Å²) in [5.41, 5.74) is 8.10. The van der Waals surface area contributed by atoms with Crippen LogP contribution in [-0.2, 0) is 0 Å². The van der Waals surface area contributed by atoms with Gasteiger partial charge in [0.2, 0.25) is 5.95 Å². The van der Waals surface area contributed by atoms with Crippen LogP contribution in [0.5, 0.6) is 0 Å². The lowest BCUT2D eigenvalue weighted by Gasteiger charge is -2.32. The van der Waals surface area contributed by atoms with Gasteiger partial charge in [-0.15, -0.1) is 0 Å². The minimum atomic E-state index is -0.403. The first kappa shape index (κ1) is 15.6. The number of halogens is 1. The van der Waals surface area contributed by atoms with Crippen molar-refractivity contribution in [3.05, 3.63) is 59.7 Å². The third-order valence-corrected chi connectivity index (χ3v) is 4.63. The van der Waals surface area contributed by atoms with Crippen molar-refractivity contribution in [1.82, 2.24) is 19.5 Å². The summed E-state index contributed by atoms with van der Waals surface area (Å²) in [4.78, 5) is 18.9. The summed E-state index contributed by atoms with van der Waals surface area (Å²) in [7, 11) is 0. The second kappa shape index (κ2) is 6.16. The summed E-state index contributed by atoms with van der Waals surface area (Å²) in [5, 5.41) is 4.12. The molecule has 128 valence electrons. The highest BCUT2D eigenvalue weighted by Gasteiger charge is 2.27. The summed E-state index contributed by atoms with van der Waals surface area (Å²) >= 11 is 0. The minimum Gasteiger partial charge on any atom is -0.368 e. The number of rotatable bonds is 2. The number of likely N-dealkylation sites (tertiary alicyclic amines) is 1. The first-order valence-electron chi connectivity index (χ1n) is 8.27. The van der Waals surface area contributed by atoms with E-state index in [-0.39, 0.29) is 11.8 Å². The molecule has 1 aromatic carbocycles. The van der Waals surface area contributed by atoms with Gasteiger partial charge < -0.3 is 10.6 Å². The van der Waals surface area contributed by atoms with Crippen molar-refractivity contribution in [2.75, 3.05) is 18.8 Å². The quantitative estimate of drug-likeness (QED) is 0.778. The van der Waals surface area contributed by atoms with Crippen molar-refractivity contribution in [3.8, 4) is 0 Å². The Morgan fingerprint density at radius 2 is 2.16 bits per heavy atom. The molecular weight excluding hydrogens is 321 g/mol. The van der Waals surface area contributed by atoms with Crippen molar-refractivity contribution in [2.45, 2.75) is 18.8 Å². The normalized spacial score (nSPS) is 17.8. The summed E-state index contributed by atoms with van der Waals surface area (Å²) in [6, 6.07) is 9.65. The Bertz CT molecular complexity index is 938. The van der Waals surface area contributed by atoms with Gasteiger partial charge >= 0.3 is 0 Å². The van der Waals surface area contributed by atoms with E-state index in [9.17, 15) is 9.18 Å². The van der Waals surface area contributed by atoms with Crippen molar-refractivity contribution >= 4 is 17.4 Å². The standard InChI is InChI=1S/C18H18FN5O/c19-14-5-1-3-12(9-14)17(25)23-8-2-4-13(11-23)16-10-15-6-7-21-24(15)18(20)22-16/h1,3,5-7,9-10,13H,2,4,8,11H2,(H2,20,22). The van der Waals surface area contributed by atoms with Crippen LogP contribution < -0.4 is 5.73 Å². The maximum Gasteiger partial charge on any atom is 0.253 e. The molecule has 0 bridgehead atoms. The molecule has 2 N–H and O–H groups in total. The minimum absolute atomic E-state index is 0.105.